The van der Waals surface area contributed by atoms with Crippen LogP contribution in [0.5, 0.6) is 0 Å². The zero-order valence-electron chi connectivity index (χ0n) is 10.2. The molecular weight excluding hydrogens is 228 g/mol. The molecule has 0 spiro atoms. The van der Waals surface area contributed by atoms with Gasteiger partial charge in [0.15, 0.2) is 6.29 Å². The standard InChI is InChI=1S/C11H20O6/c1-3-5-6-8(12)15-10(13,7-14-4-2)11-9(16-11)17-11/h8-9,12-13H,3-7H2,1-2H3. The lowest BCUT2D eigenvalue weighted by Crippen LogP contribution is -2.50. The minimum Gasteiger partial charge on any atom is -0.376 e. The summed E-state index contributed by atoms with van der Waals surface area (Å²) in [5.41, 5.74) is 0. The van der Waals surface area contributed by atoms with E-state index in [9.17, 15) is 10.2 Å². The van der Waals surface area contributed by atoms with Crippen LogP contribution in [0.2, 0.25) is 0 Å². The van der Waals surface area contributed by atoms with Crippen LogP contribution < -0.4 is 0 Å². The maximum atomic E-state index is 10.3. The van der Waals surface area contributed by atoms with E-state index in [1.807, 2.05) is 13.8 Å². The lowest BCUT2D eigenvalue weighted by atomic mass is 10.2. The molecule has 0 bridgehead atoms. The molecule has 2 atom stereocenters. The summed E-state index contributed by atoms with van der Waals surface area (Å²) in [5, 5.41) is 20.0. The lowest BCUT2D eigenvalue weighted by Gasteiger charge is -2.30. The van der Waals surface area contributed by atoms with E-state index < -0.39 is 24.2 Å². The molecule has 0 aliphatic carbocycles. The Balaban J connectivity index is 1.87. The van der Waals surface area contributed by atoms with Gasteiger partial charge < -0.3 is 29.2 Å². The SMILES string of the molecule is CCCCC(O)OC(O)(COCC)C12OC1O2. The number of hydrogen-bond donors (Lipinski definition) is 2. The number of rotatable bonds is 9. The van der Waals surface area contributed by atoms with Crippen LogP contribution in [0, 0.1) is 0 Å². The Morgan fingerprint density at radius 3 is 2.53 bits per heavy atom. The average Bonchev–Trinajstić information content (AvgIpc) is 3.11. The van der Waals surface area contributed by atoms with Crippen LogP contribution in [-0.4, -0.2) is 47.6 Å². The van der Waals surface area contributed by atoms with Crippen molar-refractivity contribution in [1.29, 1.82) is 0 Å². The van der Waals surface area contributed by atoms with Crippen molar-refractivity contribution in [2.75, 3.05) is 13.2 Å². The average molecular weight is 248 g/mol. The monoisotopic (exact) mass is 248 g/mol. The summed E-state index contributed by atoms with van der Waals surface area (Å²) in [6.07, 6.45) is 0.788. The zero-order valence-corrected chi connectivity index (χ0v) is 10.2. The smallest absolute Gasteiger partial charge is 0.284 e. The van der Waals surface area contributed by atoms with Crippen LogP contribution in [0.25, 0.3) is 0 Å². The van der Waals surface area contributed by atoms with E-state index in [0.717, 1.165) is 12.8 Å². The molecule has 0 radical (unpaired) electrons. The first-order valence-electron chi connectivity index (χ1n) is 6.09. The number of epoxide rings is 2. The maximum absolute atomic E-state index is 10.3. The van der Waals surface area contributed by atoms with Gasteiger partial charge in [-0.15, -0.1) is 0 Å². The molecule has 2 aliphatic heterocycles. The number of unbranched alkanes of at least 4 members (excludes halogenated alkanes) is 1. The summed E-state index contributed by atoms with van der Waals surface area (Å²) in [7, 11) is 0. The maximum Gasteiger partial charge on any atom is 0.284 e. The zero-order chi connectivity index (χ0) is 12.5. The number of fused-ring (bicyclic) bond motifs is 1. The molecule has 2 saturated heterocycles. The van der Waals surface area contributed by atoms with E-state index in [4.69, 9.17) is 18.9 Å². The second-order valence-electron chi connectivity index (χ2n) is 4.37. The quantitative estimate of drug-likeness (QED) is 0.451. The molecule has 6 nitrogen and oxygen atoms in total. The van der Waals surface area contributed by atoms with E-state index in [1.54, 1.807) is 0 Å². The van der Waals surface area contributed by atoms with Gasteiger partial charge in [0.2, 0.25) is 6.29 Å². The van der Waals surface area contributed by atoms with Crippen LogP contribution in [0.1, 0.15) is 33.1 Å². The van der Waals surface area contributed by atoms with Gasteiger partial charge in [-0.25, -0.2) is 0 Å². The predicted octanol–water partition coefficient (Wildman–Crippen LogP) is 0.319. The molecule has 0 amide bonds. The normalized spacial score (nSPS) is 34.9. The molecule has 2 heterocycles. The van der Waals surface area contributed by atoms with Gasteiger partial charge in [-0.3, -0.25) is 0 Å². The highest BCUT2D eigenvalue weighted by molar-refractivity contribution is 5.13. The van der Waals surface area contributed by atoms with Crippen molar-refractivity contribution in [3.8, 4) is 0 Å². The molecule has 2 rings (SSSR count). The van der Waals surface area contributed by atoms with E-state index in [-0.39, 0.29) is 6.61 Å². The van der Waals surface area contributed by atoms with Gasteiger partial charge >= 0.3 is 0 Å². The fourth-order valence-electron chi connectivity index (χ4n) is 1.75. The topological polar surface area (TPSA) is 84.0 Å². The van der Waals surface area contributed by atoms with Crippen molar-refractivity contribution in [1.82, 2.24) is 0 Å². The third-order valence-corrected chi connectivity index (χ3v) is 2.94. The van der Waals surface area contributed by atoms with Crippen molar-refractivity contribution < 1.29 is 29.2 Å². The molecule has 100 valence electrons. The van der Waals surface area contributed by atoms with Gasteiger partial charge in [0.25, 0.3) is 11.6 Å². The molecule has 6 heteroatoms. The Bertz CT molecular complexity index is 265. The highest BCUT2D eigenvalue weighted by Crippen LogP contribution is 2.63. The molecule has 2 unspecified atom stereocenters. The second kappa shape index (κ2) is 4.79. The summed E-state index contributed by atoms with van der Waals surface area (Å²) >= 11 is 0. The van der Waals surface area contributed by atoms with Crippen LogP contribution in [0.4, 0.5) is 0 Å². The Kier molecular flexibility index (Phi) is 3.72. The van der Waals surface area contributed by atoms with E-state index in [2.05, 4.69) is 0 Å². The molecule has 0 aromatic heterocycles. The van der Waals surface area contributed by atoms with Crippen LogP contribution in [0.15, 0.2) is 0 Å². The summed E-state index contributed by atoms with van der Waals surface area (Å²) in [4.78, 5) is 0. The molecule has 2 fully saturated rings. The predicted molar refractivity (Wildman–Crippen MR) is 56.7 cm³/mol. The molecule has 0 aromatic rings. The van der Waals surface area contributed by atoms with Crippen LogP contribution >= 0.6 is 0 Å². The van der Waals surface area contributed by atoms with Gasteiger partial charge in [-0.05, 0) is 19.8 Å². The molecular formula is C11H20O6. The third kappa shape index (κ3) is 2.47. The summed E-state index contributed by atoms with van der Waals surface area (Å²) in [6.45, 7) is 4.19. The van der Waals surface area contributed by atoms with Gasteiger partial charge in [-0.1, -0.05) is 13.3 Å². The summed E-state index contributed by atoms with van der Waals surface area (Å²) in [5.74, 6) is -2.82. The van der Waals surface area contributed by atoms with Gasteiger partial charge in [0, 0.05) is 6.61 Å². The van der Waals surface area contributed by atoms with Crippen molar-refractivity contribution in [2.45, 2.75) is 57.3 Å². The highest BCUT2D eigenvalue weighted by Gasteiger charge is 2.88. The Morgan fingerprint density at radius 1 is 1.41 bits per heavy atom. The number of aliphatic hydroxyl groups excluding tert-OH is 1. The van der Waals surface area contributed by atoms with Crippen molar-refractivity contribution >= 4 is 0 Å². The van der Waals surface area contributed by atoms with Crippen molar-refractivity contribution in [3.63, 3.8) is 0 Å². The highest BCUT2D eigenvalue weighted by atomic mass is 17.0. The first-order chi connectivity index (χ1) is 8.08. The fraction of sp³-hybridized carbons (Fsp3) is 1.00. The third-order valence-electron chi connectivity index (χ3n) is 2.94. The van der Waals surface area contributed by atoms with Crippen LogP contribution in [0.3, 0.4) is 0 Å². The largest absolute Gasteiger partial charge is 0.376 e. The molecule has 2 aliphatic rings. The van der Waals surface area contributed by atoms with Crippen LogP contribution in [-0.2, 0) is 18.9 Å². The van der Waals surface area contributed by atoms with E-state index in [0.29, 0.717) is 13.0 Å². The Labute approximate surface area is 100 Å². The number of aliphatic hydroxyl groups is 2. The van der Waals surface area contributed by atoms with Crippen molar-refractivity contribution in [3.05, 3.63) is 0 Å². The lowest BCUT2D eigenvalue weighted by molar-refractivity contribution is -0.346. The Morgan fingerprint density at radius 2 is 2.06 bits per heavy atom. The number of hydrogen-bond acceptors (Lipinski definition) is 6. The van der Waals surface area contributed by atoms with E-state index in [1.165, 1.54) is 0 Å². The molecule has 0 aromatic carbocycles. The summed E-state index contributed by atoms with van der Waals surface area (Å²) in [6, 6.07) is 0. The van der Waals surface area contributed by atoms with Gasteiger partial charge in [-0.2, -0.15) is 0 Å². The molecule has 17 heavy (non-hydrogen) atoms. The molecule has 0 saturated carbocycles. The van der Waals surface area contributed by atoms with E-state index >= 15 is 0 Å². The Hall–Kier alpha value is -0.240. The van der Waals surface area contributed by atoms with Gasteiger partial charge in [0.05, 0.1) is 0 Å². The minimum absolute atomic E-state index is 0.0802. The van der Waals surface area contributed by atoms with Crippen molar-refractivity contribution in [2.24, 2.45) is 0 Å². The van der Waals surface area contributed by atoms with Gasteiger partial charge in [0.1, 0.15) is 6.61 Å². The minimum atomic E-state index is -1.72. The summed E-state index contributed by atoms with van der Waals surface area (Å²) < 4.78 is 20.5. The fourth-order valence-corrected chi connectivity index (χ4v) is 1.75. The molecule has 2 N–H and O–H groups in total. The number of ether oxygens (including phenoxy) is 4. The first-order valence-corrected chi connectivity index (χ1v) is 6.09. The second-order valence-corrected chi connectivity index (χ2v) is 4.37. The first kappa shape index (κ1) is 13.2.